The van der Waals surface area contributed by atoms with Gasteiger partial charge in [0.25, 0.3) is 0 Å². The largest absolute Gasteiger partial charge is 0.504 e. The number of carbonyl (C=O) groups is 1. The fourth-order valence-electron chi connectivity index (χ4n) is 1.53. The summed E-state index contributed by atoms with van der Waals surface area (Å²) >= 11 is 0. The van der Waals surface area contributed by atoms with Gasteiger partial charge in [0, 0.05) is 11.1 Å². The van der Waals surface area contributed by atoms with Crippen molar-refractivity contribution in [3.8, 4) is 17.6 Å². The summed E-state index contributed by atoms with van der Waals surface area (Å²) < 4.78 is 0. The molecule has 0 bridgehead atoms. The number of ketones is 1. The van der Waals surface area contributed by atoms with Gasteiger partial charge in [0.05, 0.1) is 11.6 Å². The number of aromatic hydroxyl groups is 2. The lowest BCUT2D eigenvalue weighted by atomic mass is 10.0. The number of benzene rings is 2. The highest BCUT2D eigenvalue weighted by atomic mass is 16.3. The van der Waals surface area contributed by atoms with Crippen LogP contribution in [0.2, 0.25) is 0 Å². The van der Waals surface area contributed by atoms with Crippen LogP contribution in [0.15, 0.2) is 42.5 Å². The molecule has 0 spiro atoms. The summed E-state index contributed by atoms with van der Waals surface area (Å²) in [4.78, 5) is 12.0. The molecule has 0 heterocycles. The first-order valence-electron chi connectivity index (χ1n) is 5.18. The zero-order chi connectivity index (χ0) is 13.1. The Morgan fingerprint density at radius 3 is 2.11 bits per heavy atom. The summed E-state index contributed by atoms with van der Waals surface area (Å²) in [6.45, 7) is 0. The lowest BCUT2D eigenvalue weighted by Crippen LogP contribution is -2.00. The summed E-state index contributed by atoms with van der Waals surface area (Å²) in [6, 6.07) is 12.0. The van der Waals surface area contributed by atoms with E-state index in [-0.39, 0.29) is 22.8 Å². The number of rotatable bonds is 2. The van der Waals surface area contributed by atoms with Gasteiger partial charge in [0.1, 0.15) is 0 Å². The van der Waals surface area contributed by atoms with E-state index in [1.165, 1.54) is 18.2 Å². The van der Waals surface area contributed by atoms with Gasteiger partial charge in [-0.1, -0.05) is 0 Å². The van der Waals surface area contributed by atoms with Gasteiger partial charge in [0.15, 0.2) is 17.3 Å². The van der Waals surface area contributed by atoms with Crippen molar-refractivity contribution in [3.05, 3.63) is 59.2 Å². The number of nitrogens with zero attached hydrogens (tertiary/aromatic N) is 1. The van der Waals surface area contributed by atoms with E-state index in [9.17, 15) is 9.90 Å². The Morgan fingerprint density at radius 1 is 0.944 bits per heavy atom. The first-order chi connectivity index (χ1) is 8.61. The molecular weight excluding hydrogens is 230 g/mol. The number of carbonyl (C=O) groups excluding carboxylic acids is 1. The zero-order valence-corrected chi connectivity index (χ0v) is 9.29. The van der Waals surface area contributed by atoms with Crippen molar-refractivity contribution in [3.63, 3.8) is 0 Å². The minimum atomic E-state index is -0.338. The van der Waals surface area contributed by atoms with E-state index < -0.39 is 0 Å². The van der Waals surface area contributed by atoms with Gasteiger partial charge in [-0.2, -0.15) is 5.26 Å². The molecule has 88 valence electrons. The van der Waals surface area contributed by atoms with E-state index in [2.05, 4.69) is 0 Å². The maximum Gasteiger partial charge on any atom is 0.193 e. The second-order valence-corrected chi connectivity index (χ2v) is 3.72. The highest BCUT2D eigenvalue weighted by molar-refractivity contribution is 6.09. The lowest BCUT2D eigenvalue weighted by Gasteiger charge is -2.03. The van der Waals surface area contributed by atoms with Crippen LogP contribution in [0.3, 0.4) is 0 Å². The highest BCUT2D eigenvalue weighted by Crippen LogP contribution is 2.26. The molecule has 0 saturated carbocycles. The molecule has 2 aromatic carbocycles. The molecule has 2 rings (SSSR count). The van der Waals surface area contributed by atoms with Gasteiger partial charge < -0.3 is 10.2 Å². The van der Waals surface area contributed by atoms with Crippen molar-refractivity contribution in [2.75, 3.05) is 0 Å². The quantitative estimate of drug-likeness (QED) is 0.621. The molecule has 0 unspecified atom stereocenters. The summed E-state index contributed by atoms with van der Waals surface area (Å²) in [5.74, 6) is -0.893. The zero-order valence-electron chi connectivity index (χ0n) is 9.29. The fraction of sp³-hybridized carbons (Fsp3) is 0. The predicted molar refractivity (Wildman–Crippen MR) is 64.4 cm³/mol. The minimum absolute atomic E-state index is 0.272. The van der Waals surface area contributed by atoms with Gasteiger partial charge in [-0.25, -0.2) is 0 Å². The number of phenolic OH excluding ortho intramolecular Hbond substituents is 2. The third-order valence-electron chi connectivity index (χ3n) is 2.51. The number of nitriles is 1. The Hall–Kier alpha value is -2.80. The van der Waals surface area contributed by atoms with Gasteiger partial charge >= 0.3 is 0 Å². The maximum absolute atomic E-state index is 12.0. The summed E-state index contributed by atoms with van der Waals surface area (Å²) in [6.07, 6.45) is 0. The Bertz CT molecular complexity index is 639. The Balaban J connectivity index is 2.35. The number of hydrogen-bond acceptors (Lipinski definition) is 4. The van der Waals surface area contributed by atoms with Crippen molar-refractivity contribution in [2.45, 2.75) is 0 Å². The van der Waals surface area contributed by atoms with E-state index in [1.54, 1.807) is 24.3 Å². The fourth-order valence-corrected chi connectivity index (χ4v) is 1.53. The van der Waals surface area contributed by atoms with E-state index in [1.807, 2.05) is 6.07 Å². The topological polar surface area (TPSA) is 81.3 Å². The molecule has 0 aliphatic rings. The predicted octanol–water partition coefficient (Wildman–Crippen LogP) is 2.20. The molecule has 0 radical (unpaired) electrons. The van der Waals surface area contributed by atoms with Crippen LogP contribution >= 0.6 is 0 Å². The Labute approximate surface area is 103 Å². The summed E-state index contributed by atoms with van der Waals surface area (Å²) in [5, 5.41) is 27.2. The normalized spacial score (nSPS) is 9.72. The van der Waals surface area contributed by atoms with Crippen LogP contribution in [-0.4, -0.2) is 16.0 Å². The van der Waals surface area contributed by atoms with E-state index in [0.29, 0.717) is 11.1 Å². The summed E-state index contributed by atoms with van der Waals surface area (Å²) in [7, 11) is 0. The molecule has 2 N–H and O–H groups in total. The van der Waals surface area contributed by atoms with Gasteiger partial charge in [-0.15, -0.1) is 0 Å². The van der Waals surface area contributed by atoms with Crippen molar-refractivity contribution in [2.24, 2.45) is 0 Å². The van der Waals surface area contributed by atoms with Crippen molar-refractivity contribution in [1.82, 2.24) is 0 Å². The molecule has 0 aromatic heterocycles. The van der Waals surface area contributed by atoms with E-state index in [4.69, 9.17) is 10.4 Å². The number of hydrogen-bond donors (Lipinski definition) is 2. The van der Waals surface area contributed by atoms with E-state index >= 15 is 0 Å². The van der Waals surface area contributed by atoms with Crippen LogP contribution < -0.4 is 0 Å². The van der Waals surface area contributed by atoms with Gasteiger partial charge in [-0.3, -0.25) is 4.79 Å². The third-order valence-corrected chi connectivity index (χ3v) is 2.51. The van der Waals surface area contributed by atoms with Crippen LogP contribution in [0, 0.1) is 11.3 Å². The molecule has 4 nitrogen and oxygen atoms in total. The SMILES string of the molecule is N#Cc1ccc(C(=O)c2ccc(O)c(O)c2)cc1. The second kappa shape index (κ2) is 4.60. The molecule has 2 aromatic rings. The van der Waals surface area contributed by atoms with Crippen LogP contribution in [-0.2, 0) is 0 Å². The molecule has 0 aliphatic heterocycles. The van der Waals surface area contributed by atoms with Crippen molar-refractivity contribution < 1.29 is 15.0 Å². The van der Waals surface area contributed by atoms with Crippen LogP contribution in [0.4, 0.5) is 0 Å². The average Bonchev–Trinajstić information content (AvgIpc) is 2.41. The monoisotopic (exact) mass is 239 g/mol. The maximum atomic E-state index is 12.0. The molecule has 0 aliphatic carbocycles. The molecule has 0 amide bonds. The minimum Gasteiger partial charge on any atom is -0.504 e. The van der Waals surface area contributed by atoms with Crippen LogP contribution in [0.1, 0.15) is 21.5 Å². The first-order valence-corrected chi connectivity index (χ1v) is 5.18. The van der Waals surface area contributed by atoms with E-state index in [0.717, 1.165) is 0 Å². The highest BCUT2D eigenvalue weighted by Gasteiger charge is 2.11. The molecular formula is C14H9NO3. The number of phenols is 2. The lowest BCUT2D eigenvalue weighted by molar-refractivity contribution is 0.103. The molecule has 4 heteroatoms. The first kappa shape index (κ1) is 11.7. The van der Waals surface area contributed by atoms with Crippen LogP contribution in [0.5, 0.6) is 11.5 Å². The van der Waals surface area contributed by atoms with Crippen molar-refractivity contribution in [1.29, 1.82) is 5.26 Å². The molecule has 0 saturated heterocycles. The van der Waals surface area contributed by atoms with Gasteiger partial charge in [-0.05, 0) is 42.5 Å². The Morgan fingerprint density at radius 2 is 1.56 bits per heavy atom. The second-order valence-electron chi connectivity index (χ2n) is 3.72. The average molecular weight is 239 g/mol. The van der Waals surface area contributed by atoms with Crippen LogP contribution in [0.25, 0.3) is 0 Å². The standard InChI is InChI=1S/C14H9NO3/c15-8-9-1-3-10(4-2-9)14(18)11-5-6-12(16)13(17)7-11/h1-7,16-17H. The Kier molecular flexibility index (Phi) is 2.98. The third kappa shape index (κ3) is 2.15. The molecule has 18 heavy (non-hydrogen) atoms. The smallest absolute Gasteiger partial charge is 0.193 e. The van der Waals surface area contributed by atoms with Crippen molar-refractivity contribution >= 4 is 5.78 Å². The summed E-state index contributed by atoms with van der Waals surface area (Å²) in [5.41, 5.74) is 1.16. The molecule has 0 atom stereocenters. The van der Waals surface area contributed by atoms with Gasteiger partial charge in [0.2, 0.25) is 0 Å². The molecule has 0 fully saturated rings.